The van der Waals surface area contributed by atoms with E-state index in [1.165, 1.54) is 11.1 Å². The fourth-order valence-electron chi connectivity index (χ4n) is 3.16. The van der Waals surface area contributed by atoms with E-state index in [-0.39, 0.29) is 11.9 Å². The van der Waals surface area contributed by atoms with E-state index in [0.29, 0.717) is 13.0 Å². The number of carbonyl (C=O) groups excluding carboxylic acids is 1. The van der Waals surface area contributed by atoms with Gasteiger partial charge < -0.3 is 20.0 Å². The molecule has 1 aliphatic heterocycles. The molecule has 0 radical (unpaired) electrons. The fraction of sp³-hybridized carbons (Fsp3) is 0.632. The number of carbonyl (C=O) groups is 1. The van der Waals surface area contributed by atoms with Gasteiger partial charge in [-0.05, 0) is 39.2 Å². The summed E-state index contributed by atoms with van der Waals surface area (Å²) >= 11 is 0. The van der Waals surface area contributed by atoms with Crippen molar-refractivity contribution in [3.05, 3.63) is 35.4 Å². The Hall–Kier alpha value is -1.43. The van der Waals surface area contributed by atoms with Crippen molar-refractivity contribution in [1.82, 2.24) is 20.0 Å². The number of amides is 1. The Morgan fingerprint density at radius 1 is 1.21 bits per heavy atom. The lowest BCUT2D eigenvalue weighted by Crippen LogP contribution is -2.45. The maximum atomic E-state index is 12.2. The molecule has 1 aliphatic rings. The molecule has 0 bridgehead atoms. The van der Waals surface area contributed by atoms with Gasteiger partial charge in [-0.3, -0.25) is 4.79 Å². The summed E-state index contributed by atoms with van der Waals surface area (Å²) in [4.78, 5) is 19.1. The van der Waals surface area contributed by atoms with Crippen LogP contribution in [0, 0.1) is 6.92 Å². The molecule has 0 saturated carbocycles. The van der Waals surface area contributed by atoms with Crippen LogP contribution in [-0.2, 0) is 4.79 Å². The van der Waals surface area contributed by atoms with Gasteiger partial charge in [0.2, 0.25) is 5.91 Å². The van der Waals surface area contributed by atoms with Gasteiger partial charge in [-0.25, -0.2) is 0 Å². The van der Waals surface area contributed by atoms with E-state index in [1.807, 2.05) is 0 Å². The van der Waals surface area contributed by atoms with Crippen molar-refractivity contribution in [2.45, 2.75) is 19.4 Å². The zero-order valence-corrected chi connectivity index (χ0v) is 15.6. The molecule has 5 heteroatoms. The van der Waals surface area contributed by atoms with E-state index in [4.69, 9.17) is 0 Å². The summed E-state index contributed by atoms with van der Waals surface area (Å²) in [6, 6.07) is 8.60. The number of benzene rings is 1. The number of nitrogens with zero attached hydrogens (tertiary/aromatic N) is 3. The highest BCUT2D eigenvalue weighted by molar-refractivity contribution is 5.76. The van der Waals surface area contributed by atoms with Crippen LogP contribution in [0.4, 0.5) is 0 Å². The van der Waals surface area contributed by atoms with Gasteiger partial charge in [0, 0.05) is 45.7 Å². The topological polar surface area (TPSA) is 38.8 Å². The molecular formula is C19H32N4O. The van der Waals surface area contributed by atoms with Crippen molar-refractivity contribution in [2.75, 3.05) is 60.4 Å². The number of piperazine rings is 1. The van der Waals surface area contributed by atoms with E-state index in [1.54, 1.807) is 0 Å². The quantitative estimate of drug-likeness (QED) is 0.818. The Morgan fingerprint density at radius 2 is 1.88 bits per heavy atom. The van der Waals surface area contributed by atoms with Gasteiger partial charge in [0.25, 0.3) is 0 Å². The molecule has 5 nitrogen and oxygen atoms in total. The molecule has 1 amide bonds. The Labute approximate surface area is 146 Å². The summed E-state index contributed by atoms with van der Waals surface area (Å²) in [5.74, 6) is 0.148. The molecule has 1 aromatic rings. The van der Waals surface area contributed by atoms with Crippen LogP contribution in [0.25, 0.3) is 0 Å². The van der Waals surface area contributed by atoms with Crippen molar-refractivity contribution < 1.29 is 4.79 Å². The maximum absolute atomic E-state index is 12.2. The number of nitrogens with one attached hydrogen (secondary N) is 1. The lowest BCUT2D eigenvalue weighted by Gasteiger charge is -2.32. The van der Waals surface area contributed by atoms with Crippen LogP contribution >= 0.6 is 0 Å². The van der Waals surface area contributed by atoms with Gasteiger partial charge in [0.1, 0.15) is 0 Å². The van der Waals surface area contributed by atoms with Gasteiger partial charge in [-0.15, -0.1) is 0 Å². The molecule has 1 fully saturated rings. The number of rotatable bonds is 7. The first-order valence-electron chi connectivity index (χ1n) is 8.87. The van der Waals surface area contributed by atoms with E-state index >= 15 is 0 Å². The molecular weight excluding hydrogens is 300 g/mol. The third kappa shape index (κ3) is 5.58. The van der Waals surface area contributed by atoms with E-state index in [9.17, 15) is 4.79 Å². The predicted molar refractivity (Wildman–Crippen MR) is 99.2 cm³/mol. The normalized spacial score (nSPS) is 17.9. The minimum atomic E-state index is 0.148. The van der Waals surface area contributed by atoms with Gasteiger partial charge in [-0.1, -0.05) is 24.3 Å². The molecule has 0 unspecified atom stereocenters. The van der Waals surface area contributed by atoms with E-state index in [2.05, 4.69) is 72.3 Å². The van der Waals surface area contributed by atoms with Crippen molar-refractivity contribution >= 4 is 5.91 Å². The molecule has 1 N–H and O–H groups in total. The lowest BCUT2D eigenvalue weighted by molar-refractivity contribution is -0.121. The average Bonchev–Trinajstić information content (AvgIpc) is 2.56. The predicted octanol–water partition coefficient (Wildman–Crippen LogP) is 1.35. The Bertz CT molecular complexity index is 524. The van der Waals surface area contributed by atoms with Crippen LogP contribution in [0.3, 0.4) is 0 Å². The highest BCUT2D eigenvalue weighted by Gasteiger charge is 2.18. The van der Waals surface area contributed by atoms with Crippen LogP contribution < -0.4 is 5.32 Å². The molecule has 1 heterocycles. The van der Waals surface area contributed by atoms with E-state index < -0.39 is 0 Å². The highest BCUT2D eigenvalue weighted by Crippen LogP contribution is 2.20. The minimum absolute atomic E-state index is 0.148. The Kier molecular flexibility index (Phi) is 7.21. The molecule has 24 heavy (non-hydrogen) atoms. The first-order chi connectivity index (χ1) is 11.5. The zero-order valence-electron chi connectivity index (χ0n) is 15.6. The van der Waals surface area contributed by atoms with Gasteiger partial charge >= 0.3 is 0 Å². The first kappa shape index (κ1) is 18.9. The molecule has 0 spiro atoms. The summed E-state index contributed by atoms with van der Waals surface area (Å²) in [6.07, 6.45) is 0.581. The standard InChI is InChI=1S/C19H32N4O/c1-16-7-5-6-8-17(16)18(21(2)3)15-20-19(24)9-10-23-13-11-22(4)12-14-23/h5-8,18H,9-15H2,1-4H3,(H,20,24)/t18-/m0/s1. The Balaban J connectivity index is 1.79. The van der Waals surface area contributed by atoms with Crippen molar-refractivity contribution in [1.29, 1.82) is 0 Å². The highest BCUT2D eigenvalue weighted by atomic mass is 16.1. The summed E-state index contributed by atoms with van der Waals surface area (Å²) in [6.45, 7) is 7.95. The molecule has 0 aromatic heterocycles. The first-order valence-corrected chi connectivity index (χ1v) is 8.87. The summed E-state index contributed by atoms with van der Waals surface area (Å²) in [5, 5.41) is 3.12. The van der Waals surface area contributed by atoms with Gasteiger partial charge in [0.05, 0.1) is 6.04 Å². The van der Waals surface area contributed by atoms with E-state index in [0.717, 1.165) is 32.7 Å². The summed E-state index contributed by atoms with van der Waals surface area (Å²) in [7, 11) is 6.28. The molecule has 0 aliphatic carbocycles. The number of likely N-dealkylation sites (N-methyl/N-ethyl adjacent to an activating group) is 2. The molecule has 1 saturated heterocycles. The average molecular weight is 332 g/mol. The Morgan fingerprint density at radius 3 is 2.50 bits per heavy atom. The number of hydrogen-bond donors (Lipinski definition) is 1. The monoisotopic (exact) mass is 332 g/mol. The second-order valence-electron chi connectivity index (χ2n) is 7.03. The largest absolute Gasteiger partial charge is 0.354 e. The van der Waals surface area contributed by atoms with Crippen LogP contribution in [0.15, 0.2) is 24.3 Å². The van der Waals surface area contributed by atoms with Gasteiger partial charge in [0.15, 0.2) is 0 Å². The smallest absolute Gasteiger partial charge is 0.221 e. The van der Waals surface area contributed by atoms with Crippen LogP contribution in [-0.4, -0.2) is 81.0 Å². The van der Waals surface area contributed by atoms with Crippen molar-refractivity contribution in [3.63, 3.8) is 0 Å². The minimum Gasteiger partial charge on any atom is -0.354 e. The summed E-state index contributed by atoms with van der Waals surface area (Å²) in [5.41, 5.74) is 2.55. The fourth-order valence-corrected chi connectivity index (χ4v) is 3.16. The zero-order chi connectivity index (χ0) is 17.5. The number of hydrogen-bond acceptors (Lipinski definition) is 4. The number of aryl methyl sites for hydroxylation is 1. The molecule has 1 aromatic carbocycles. The molecule has 2 rings (SSSR count). The molecule has 134 valence electrons. The lowest BCUT2D eigenvalue weighted by atomic mass is 10.0. The van der Waals surface area contributed by atoms with Crippen LogP contribution in [0.1, 0.15) is 23.6 Å². The summed E-state index contributed by atoms with van der Waals surface area (Å²) < 4.78 is 0. The third-order valence-electron chi connectivity index (χ3n) is 4.91. The molecule has 1 atom stereocenters. The van der Waals surface area contributed by atoms with Crippen molar-refractivity contribution in [3.8, 4) is 0 Å². The second kappa shape index (κ2) is 9.16. The maximum Gasteiger partial charge on any atom is 0.221 e. The third-order valence-corrected chi connectivity index (χ3v) is 4.91. The second-order valence-corrected chi connectivity index (χ2v) is 7.03. The van der Waals surface area contributed by atoms with Gasteiger partial charge in [-0.2, -0.15) is 0 Å². The SMILES string of the molecule is Cc1ccccc1[C@H](CNC(=O)CCN1CCN(C)CC1)N(C)C. The van der Waals surface area contributed by atoms with Crippen LogP contribution in [0.2, 0.25) is 0 Å². The van der Waals surface area contributed by atoms with Crippen LogP contribution in [0.5, 0.6) is 0 Å². The van der Waals surface area contributed by atoms with Crippen molar-refractivity contribution in [2.24, 2.45) is 0 Å².